The second-order valence-corrected chi connectivity index (χ2v) is 9.18. The van der Waals surface area contributed by atoms with E-state index in [1.54, 1.807) is 0 Å². The van der Waals surface area contributed by atoms with Gasteiger partial charge in [-0.05, 0) is 0 Å². The van der Waals surface area contributed by atoms with Gasteiger partial charge in [0.25, 0.3) is 5.92 Å². The Labute approximate surface area is 209 Å². The first kappa shape index (κ1) is 39.4. The van der Waals surface area contributed by atoms with Crippen LogP contribution in [0.4, 0.5) is 101 Å². The zero-order valence-electron chi connectivity index (χ0n) is 18.1. The molecule has 0 spiro atoms. The standard InChI is InChI=1S/C13H7F23O4Si/c1-6(14,15)2(7(16,17)18)37-41(38-3(8(19,20)21)9(22,23)24,39-4(10(25,26)27)11(28,29)30)40-5(12(31,32)33)13(34,35)36/h2-5H,1H3/t2-/m1/s1. The minimum atomic E-state index is -9.45. The Bertz CT molecular complexity index is 642. The van der Waals surface area contributed by atoms with Crippen molar-refractivity contribution in [2.75, 3.05) is 0 Å². The van der Waals surface area contributed by atoms with Gasteiger partial charge < -0.3 is 17.7 Å². The number of halogens is 23. The molecule has 0 aliphatic heterocycles. The Hall–Kier alpha value is -1.55. The van der Waals surface area contributed by atoms with Crippen LogP contribution in [-0.4, -0.2) is 82.6 Å². The van der Waals surface area contributed by atoms with Gasteiger partial charge in [-0.3, -0.25) is 0 Å². The maximum atomic E-state index is 13.5. The van der Waals surface area contributed by atoms with E-state index in [4.69, 9.17) is 0 Å². The van der Waals surface area contributed by atoms with Gasteiger partial charge in [0, 0.05) is 6.92 Å². The van der Waals surface area contributed by atoms with Gasteiger partial charge in [0.1, 0.15) is 0 Å². The molecule has 0 aromatic rings. The van der Waals surface area contributed by atoms with Gasteiger partial charge in [0.2, 0.25) is 24.4 Å². The summed E-state index contributed by atoms with van der Waals surface area (Å²) >= 11 is 0. The smallest absolute Gasteiger partial charge is 0.332 e. The molecule has 0 heterocycles. The molecule has 0 aliphatic rings. The minimum Gasteiger partial charge on any atom is -0.332 e. The van der Waals surface area contributed by atoms with Crippen molar-refractivity contribution in [1.29, 1.82) is 0 Å². The van der Waals surface area contributed by atoms with Crippen molar-refractivity contribution in [1.82, 2.24) is 0 Å². The molecule has 4 nitrogen and oxygen atoms in total. The first-order valence-corrected chi connectivity index (χ1v) is 10.5. The van der Waals surface area contributed by atoms with E-state index in [2.05, 4.69) is 17.7 Å². The maximum absolute atomic E-state index is 13.5. The largest absolute Gasteiger partial charge is 0.683 e. The van der Waals surface area contributed by atoms with Crippen LogP contribution in [0.3, 0.4) is 0 Å². The lowest BCUT2D eigenvalue weighted by atomic mass is 10.2. The van der Waals surface area contributed by atoms with Crippen molar-refractivity contribution < 1.29 is 119 Å². The minimum absolute atomic E-state index is 1.13. The molecule has 0 aromatic heterocycles. The summed E-state index contributed by atoms with van der Waals surface area (Å²) in [5.41, 5.74) is 0. The van der Waals surface area contributed by atoms with E-state index in [0.717, 1.165) is 0 Å². The third-order valence-corrected chi connectivity index (χ3v) is 5.69. The molecule has 1 atom stereocenters. The van der Waals surface area contributed by atoms with Crippen molar-refractivity contribution in [3.63, 3.8) is 0 Å². The van der Waals surface area contributed by atoms with Crippen molar-refractivity contribution in [3.8, 4) is 0 Å². The van der Waals surface area contributed by atoms with Crippen LogP contribution in [-0.2, 0) is 17.7 Å². The Morgan fingerprint density at radius 2 is 0.463 bits per heavy atom. The summed E-state index contributed by atoms with van der Waals surface area (Å²) in [6.07, 6.45) is -76.0. The summed E-state index contributed by atoms with van der Waals surface area (Å²) in [6.45, 7) is -1.13. The third kappa shape index (κ3) is 11.6. The van der Waals surface area contributed by atoms with Gasteiger partial charge in [0.05, 0.1) is 0 Å². The molecule has 28 heteroatoms. The predicted octanol–water partition coefficient (Wildman–Crippen LogP) is 7.55. The van der Waals surface area contributed by atoms with Gasteiger partial charge in [-0.15, -0.1) is 0 Å². The first-order valence-electron chi connectivity index (χ1n) is 8.92. The van der Waals surface area contributed by atoms with Crippen molar-refractivity contribution >= 4 is 9.05 Å². The maximum Gasteiger partial charge on any atom is 0.683 e. The molecular weight excluding hydrogens is 685 g/mol. The second-order valence-electron chi connectivity index (χ2n) is 7.24. The lowest BCUT2D eigenvalue weighted by Crippen LogP contribution is -2.68. The summed E-state index contributed by atoms with van der Waals surface area (Å²) in [4.78, 5) is 0. The molecule has 0 saturated heterocycles. The SMILES string of the molecule is CC(F)(F)[C@@H](O[Si](OC(C(F)(F)F)C(F)(F)F)(OC(C(F)(F)F)C(F)(F)F)OC(C(F)(F)F)C(F)(F)F)C(F)(F)F. The average molecular weight is 692 g/mol. The van der Waals surface area contributed by atoms with E-state index in [-0.39, 0.29) is 0 Å². The molecule has 0 amide bonds. The third-order valence-electron chi connectivity index (χ3n) is 3.59. The molecule has 0 saturated carbocycles. The first-order chi connectivity index (χ1) is 17.4. The van der Waals surface area contributed by atoms with E-state index in [9.17, 15) is 101 Å². The Kier molecular flexibility index (Phi) is 11.1. The molecule has 0 rings (SSSR count). The summed E-state index contributed by atoms with van der Waals surface area (Å²) in [7, 11) is -9.45. The number of alkyl halides is 23. The normalized spacial score (nSPS) is 16.8. The van der Waals surface area contributed by atoms with E-state index < -0.39 is 89.5 Å². The van der Waals surface area contributed by atoms with Crippen LogP contribution < -0.4 is 0 Å². The fraction of sp³-hybridized carbons (Fsp3) is 1.00. The summed E-state index contributed by atoms with van der Waals surface area (Å²) in [6, 6.07) is 0. The number of hydrogen-bond donors (Lipinski definition) is 0. The Morgan fingerprint density at radius 1 is 0.317 bits per heavy atom. The van der Waals surface area contributed by atoms with Crippen LogP contribution in [0, 0.1) is 0 Å². The molecule has 0 N–H and O–H groups in total. The predicted molar refractivity (Wildman–Crippen MR) is 78.3 cm³/mol. The molecule has 0 bridgehead atoms. The second kappa shape index (κ2) is 11.5. The van der Waals surface area contributed by atoms with E-state index in [1.165, 1.54) is 0 Å². The summed E-state index contributed by atoms with van der Waals surface area (Å²) < 4.78 is 309. The highest BCUT2D eigenvalue weighted by molar-refractivity contribution is 6.54. The van der Waals surface area contributed by atoms with Gasteiger partial charge in [-0.2, -0.15) is 92.2 Å². The molecule has 0 aromatic carbocycles. The van der Waals surface area contributed by atoms with Crippen LogP contribution >= 0.6 is 0 Å². The van der Waals surface area contributed by atoms with Crippen LogP contribution in [0.25, 0.3) is 0 Å². The lowest BCUT2D eigenvalue weighted by molar-refractivity contribution is -0.363. The fourth-order valence-corrected chi connectivity index (χ4v) is 4.79. The van der Waals surface area contributed by atoms with Crippen molar-refractivity contribution in [2.24, 2.45) is 0 Å². The Balaban J connectivity index is 7.99. The molecule has 0 aliphatic carbocycles. The molecule has 0 unspecified atom stereocenters. The van der Waals surface area contributed by atoms with Crippen LogP contribution in [0.15, 0.2) is 0 Å². The van der Waals surface area contributed by atoms with Crippen LogP contribution in [0.2, 0.25) is 0 Å². The summed E-state index contributed by atoms with van der Waals surface area (Å²) in [5.74, 6) is -5.99. The van der Waals surface area contributed by atoms with Gasteiger partial charge >= 0.3 is 52.3 Å². The van der Waals surface area contributed by atoms with Crippen LogP contribution in [0.1, 0.15) is 6.92 Å². The molecular formula is C13H7F23O4Si. The number of rotatable bonds is 9. The zero-order chi connectivity index (χ0) is 33.6. The van der Waals surface area contributed by atoms with Gasteiger partial charge in [0.15, 0.2) is 0 Å². The highest BCUT2D eigenvalue weighted by Crippen LogP contribution is 2.47. The highest BCUT2D eigenvalue weighted by atomic mass is 28.4. The zero-order valence-corrected chi connectivity index (χ0v) is 19.1. The van der Waals surface area contributed by atoms with E-state index in [0.29, 0.717) is 0 Å². The molecule has 0 radical (unpaired) electrons. The lowest BCUT2D eigenvalue weighted by Gasteiger charge is -2.40. The topological polar surface area (TPSA) is 36.9 Å². The average Bonchev–Trinajstić information content (AvgIpc) is 2.58. The van der Waals surface area contributed by atoms with Gasteiger partial charge in [-0.25, -0.2) is 8.78 Å². The summed E-state index contributed by atoms with van der Waals surface area (Å²) in [5, 5.41) is 0. The molecule has 0 fully saturated rings. The van der Waals surface area contributed by atoms with Crippen LogP contribution in [0.5, 0.6) is 0 Å². The fourth-order valence-electron chi connectivity index (χ4n) is 2.16. The van der Waals surface area contributed by atoms with E-state index in [1.807, 2.05) is 0 Å². The monoisotopic (exact) mass is 692 g/mol. The van der Waals surface area contributed by atoms with Gasteiger partial charge in [-0.1, -0.05) is 0 Å². The van der Waals surface area contributed by atoms with Crippen molar-refractivity contribution in [3.05, 3.63) is 0 Å². The quantitative estimate of drug-likeness (QED) is 0.185. The Morgan fingerprint density at radius 3 is 0.585 bits per heavy atom. The highest BCUT2D eigenvalue weighted by Gasteiger charge is 2.75. The number of hydrogen-bond acceptors (Lipinski definition) is 4. The molecule has 248 valence electrons. The van der Waals surface area contributed by atoms with Crippen molar-refractivity contribution in [2.45, 2.75) is 80.5 Å². The van der Waals surface area contributed by atoms with E-state index >= 15 is 0 Å². The molecule has 41 heavy (non-hydrogen) atoms.